The Morgan fingerprint density at radius 2 is 2.00 bits per heavy atom. The highest BCUT2D eigenvalue weighted by atomic mass is 32.2. The Morgan fingerprint density at radius 1 is 1.38 bits per heavy atom. The largest absolute Gasteiger partial charge is 0.548 e. The van der Waals surface area contributed by atoms with Crippen LogP contribution in [0.2, 0.25) is 0 Å². The summed E-state index contributed by atoms with van der Waals surface area (Å²) in [6.45, 7) is 5.31. The van der Waals surface area contributed by atoms with Gasteiger partial charge in [-0.25, -0.2) is 13.1 Å². The van der Waals surface area contributed by atoms with Crippen LogP contribution in [0.25, 0.3) is 0 Å². The maximum atomic E-state index is 12.1. The smallest absolute Gasteiger partial charge is 0.261 e. The number of carbonyl (C=O) groups is 2. The van der Waals surface area contributed by atoms with Crippen LogP contribution in [0.3, 0.4) is 0 Å². The summed E-state index contributed by atoms with van der Waals surface area (Å²) in [7, 11) is -4.02. The predicted octanol–water partition coefficient (Wildman–Crippen LogP) is -0.449. The molecule has 0 aromatic carbocycles. The maximum Gasteiger partial charge on any atom is 0.261 e. The molecule has 118 valence electrons. The Balaban J connectivity index is 2.98. The van der Waals surface area contributed by atoms with Gasteiger partial charge in [-0.2, -0.15) is 0 Å². The fourth-order valence-corrected chi connectivity index (χ4v) is 4.04. The number of sulfonamides is 1. The molecule has 1 rings (SSSR count). The summed E-state index contributed by atoms with van der Waals surface area (Å²) in [6.07, 6.45) is 0. The van der Waals surface area contributed by atoms with Gasteiger partial charge >= 0.3 is 0 Å². The molecule has 1 aromatic heterocycles. The first-order chi connectivity index (χ1) is 9.69. The second kappa shape index (κ2) is 7.01. The number of carboxylic acids is 1. The molecule has 0 radical (unpaired) electrons. The second-order valence-electron chi connectivity index (χ2n) is 4.67. The Hall–Kier alpha value is -1.45. The summed E-state index contributed by atoms with van der Waals surface area (Å²) in [5.41, 5.74) is 0. The van der Waals surface area contributed by atoms with Crippen LogP contribution in [0.4, 0.5) is 0 Å². The molecule has 0 spiro atoms. The van der Waals surface area contributed by atoms with Gasteiger partial charge < -0.3 is 15.2 Å². The van der Waals surface area contributed by atoms with Gasteiger partial charge in [0.15, 0.2) is 0 Å². The lowest BCUT2D eigenvalue weighted by molar-refractivity contribution is -0.309. The molecular weight excluding hydrogens is 316 g/mol. The number of nitrogens with one attached hydrogen (secondary N) is 2. The number of carboxylic acid groups (broad SMARTS) is 1. The minimum Gasteiger partial charge on any atom is -0.548 e. The van der Waals surface area contributed by atoms with Gasteiger partial charge in [-0.15, -0.1) is 11.3 Å². The monoisotopic (exact) mass is 333 g/mol. The van der Waals surface area contributed by atoms with Crippen LogP contribution in [0.15, 0.2) is 16.3 Å². The zero-order valence-corrected chi connectivity index (χ0v) is 13.5. The van der Waals surface area contributed by atoms with Gasteiger partial charge in [0.25, 0.3) is 5.91 Å². The SMILES string of the molecule is CCNC(=O)c1cc(S(=O)(=O)N[C@@H](C(=O)[O-])C(C)C)cs1. The maximum absolute atomic E-state index is 12.1. The van der Waals surface area contributed by atoms with E-state index in [1.54, 1.807) is 20.8 Å². The molecule has 0 aliphatic rings. The van der Waals surface area contributed by atoms with E-state index < -0.39 is 28.0 Å². The predicted molar refractivity (Wildman–Crippen MR) is 76.3 cm³/mol. The summed E-state index contributed by atoms with van der Waals surface area (Å²) >= 11 is 0.974. The van der Waals surface area contributed by atoms with Crippen molar-refractivity contribution in [3.8, 4) is 0 Å². The van der Waals surface area contributed by atoms with E-state index in [1.807, 2.05) is 0 Å². The van der Waals surface area contributed by atoms with Crippen molar-refractivity contribution in [1.29, 1.82) is 0 Å². The molecule has 9 heteroatoms. The lowest BCUT2D eigenvalue weighted by atomic mass is 10.1. The van der Waals surface area contributed by atoms with Crippen LogP contribution < -0.4 is 15.1 Å². The lowest BCUT2D eigenvalue weighted by Gasteiger charge is -2.22. The van der Waals surface area contributed by atoms with E-state index in [4.69, 9.17) is 0 Å². The Bertz CT molecular complexity index is 621. The highest BCUT2D eigenvalue weighted by Gasteiger charge is 2.25. The Labute approximate surface area is 127 Å². The van der Waals surface area contributed by atoms with Gasteiger partial charge in [0, 0.05) is 11.9 Å². The van der Waals surface area contributed by atoms with Crippen molar-refractivity contribution in [3.05, 3.63) is 16.3 Å². The number of rotatable bonds is 7. The van der Waals surface area contributed by atoms with Crippen LogP contribution in [0.1, 0.15) is 30.4 Å². The molecule has 1 aromatic rings. The van der Waals surface area contributed by atoms with Crippen LogP contribution in [0.5, 0.6) is 0 Å². The van der Waals surface area contributed by atoms with Crippen molar-refractivity contribution in [2.24, 2.45) is 5.92 Å². The summed E-state index contributed by atoms with van der Waals surface area (Å²) in [4.78, 5) is 22.7. The van der Waals surface area contributed by atoms with E-state index in [0.717, 1.165) is 11.3 Å². The molecule has 0 aliphatic heterocycles. The summed E-state index contributed by atoms with van der Waals surface area (Å²) in [5.74, 6) is -2.33. The zero-order valence-electron chi connectivity index (χ0n) is 11.9. The van der Waals surface area contributed by atoms with Gasteiger partial charge in [-0.3, -0.25) is 4.79 Å². The van der Waals surface area contributed by atoms with Crippen molar-refractivity contribution < 1.29 is 23.1 Å². The molecule has 2 N–H and O–H groups in total. The summed E-state index contributed by atoms with van der Waals surface area (Å²) in [5, 5.41) is 14.8. The molecule has 0 aliphatic carbocycles. The van der Waals surface area contributed by atoms with E-state index in [0.29, 0.717) is 6.54 Å². The van der Waals surface area contributed by atoms with Gasteiger partial charge in [0.05, 0.1) is 21.8 Å². The topological polar surface area (TPSA) is 115 Å². The first-order valence-electron chi connectivity index (χ1n) is 6.29. The van der Waals surface area contributed by atoms with Gasteiger partial charge in [-0.1, -0.05) is 13.8 Å². The molecule has 0 unspecified atom stereocenters. The van der Waals surface area contributed by atoms with Crippen molar-refractivity contribution in [2.75, 3.05) is 6.54 Å². The lowest BCUT2D eigenvalue weighted by Crippen LogP contribution is -2.50. The normalized spacial score (nSPS) is 13.1. The third kappa shape index (κ3) is 4.51. The fourth-order valence-electron chi connectivity index (χ4n) is 1.52. The van der Waals surface area contributed by atoms with E-state index in [9.17, 15) is 23.1 Å². The highest BCUT2D eigenvalue weighted by molar-refractivity contribution is 7.89. The van der Waals surface area contributed by atoms with Crippen molar-refractivity contribution in [1.82, 2.24) is 10.0 Å². The minimum absolute atomic E-state index is 0.138. The van der Waals surface area contributed by atoms with Crippen LogP contribution in [0, 0.1) is 5.92 Å². The van der Waals surface area contributed by atoms with Crippen molar-refractivity contribution in [3.63, 3.8) is 0 Å². The van der Waals surface area contributed by atoms with Crippen LogP contribution >= 0.6 is 11.3 Å². The Kier molecular flexibility index (Phi) is 5.87. The molecule has 21 heavy (non-hydrogen) atoms. The van der Waals surface area contributed by atoms with E-state index in [-0.39, 0.29) is 15.7 Å². The molecule has 7 nitrogen and oxygen atoms in total. The minimum atomic E-state index is -4.02. The first kappa shape index (κ1) is 17.6. The number of amides is 1. The third-order valence-corrected chi connectivity index (χ3v) is 5.15. The van der Waals surface area contributed by atoms with Gasteiger partial charge in [-0.05, 0) is 18.9 Å². The average molecular weight is 333 g/mol. The van der Waals surface area contributed by atoms with Gasteiger partial charge in [0.2, 0.25) is 10.0 Å². The number of hydrogen-bond donors (Lipinski definition) is 2. The highest BCUT2D eigenvalue weighted by Crippen LogP contribution is 2.20. The number of carbonyl (C=O) groups excluding carboxylic acids is 2. The summed E-state index contributed by atoms with van der Waals surface area (Å²) in [6, 6.07) is -0.118. The third-order valence-electron chi connectivity index (χ3n) is 2.65. The number of aliphatic carboxylic acids is 1. The van der Waals surface area contributed by atoms with Crippen molar-refractivity contribution in [2.45, 2.75) is 31.7 Å². The average Bonchev–Trinajstić information content (AvgIpc) is 2.86. The van der Waals surface area contributed by atoms with E-state index >= 15 is 0 Å². The van der Waals surface area contributed by atoms with Gasteiger partial charge in [0.1, 0.15) is 0 Å². The molecule has 0 saturated heterocycles. The van der Waals surface area contributed by atoms with E-state index in [2.05, 4.69) is 10.0 Å². The molecule has 1 amide bonds. The fraction of sp³-hybridized carbons (Fsp3) is 0.500. The zero-order chi connectivity index (χ0) is 16.2. The molecule has 1 heterocycles. The molecule has 1 atom stereocenters. The molecule has 0 fully saturated rings. The molecule has 0 bridgehead atoms. The second-order valence-corrected chi connectivity index (χ2v) is 7.29. The molecular formula is C12H17N2O5S2-. The first-order valence-corrected chi connectivity index (χ1v) is 8.65. The number of hydrogen-bond acceptors (Lipinski definition) is 6. The van der Waals surface area contributed by atoms with Crippen molar-refractivity contribution >= 4 is 33.2 Å². The van der Waals surface area contributed by atoms with Crippen LogP contribution in [-0.4, -0.2) is 32.9 Å². The standard InChI is InChI=1S/C12H18N2O5S2/c1-4-13-11(15)9-5-8(6-20-9)21(18,19)14-10(7(2)3)12(16)17/h5-7,10,14H,4H2,1-3H3,(H,13,15)(H,16,17)/p-1/t10-/m1/s1. The van der Waals surface area contributed by atoms with E-state index in [1.165, 1.54) is 11.4 Å². The molecule has 0 saturated carbocycles. The number of thiophene rings is 1. The quantitative estimate of drug-likeness (QED) is 0.701. The van der Waals surface area contributed by atoms with Crippen LogP contribution in [-0.2, 0) is 14.8 Å². The summed E-state index contributed by atoms with van der Waals surface area (Å²) < 4.78 is 26.3. The Morgan fingerprint density at radius 3 is 2.48 bits per heavy atom.